The van der Waals surface area contributed by atoms with Crippen LogP contribution in [0.5, 0.6) is 0 Å². The maximum atomic E-state index is 15.6. The highest BCUT2D eigenvalue weighted by Gasteiger charge is 2.23. The van der Waals surface area contributed by atoms with E-state index in [0.29, 0.717) is 5.69 Å². The van der Waals surface area contributed by atoms with Gasteiger partial charge in [0.05, 0.1) is 34.3 Å². The molecule has 0 bridgehead atoms. The second kappa shape index (κ2) is 11.6. The van der Waals surface area contributed by atoms with Crippen molar-refractivity contribution in [3.8, 4) is 0 Å². The van der Waals surface area contributed by atoms with Crippen LogP contribution in [0.25, 0.3) is 54.1 Å². The lowest BCUT2D eigenvalue weighted by Gasteiger charge is -2.29. The number of hydrogen-bond donors (Lipinski definition) is 0. The van der Waals surface area contributed by atoms with Gasteiger partial charge in [-0.1, -0.05) is 109 Å². The minimum atomic E-state index is -0.281. The van der Waals surface area contributed by atoms with Crippen molar-refractivity contribution in [2.24, 2.45) is 0 Å². The molecule has 0 radical (unpaired) electrons. The van der Waals surface area contributed by atoms with Gasteiger partial charge in [-0.2, -0.15) is 0 Å². The molecule has 9 aromatic carbocycles. The van der Waals surface area contributed by atoms with Crippen molar-refractivity contribution in [1.29, 1.82) is 0 Å². The Hall–Kier alpha value is -6.85. The summed E-state index contributed by atoms with van der Waals surface area (Å²) in [7, 11) is 0. The molecule has 0 N–H and O–H groups in total. The quantitative estimate of drug-likeness (QED) is 0.167. The summed E-state index contributed by atoms with van der Waals surface area (Å²) in [5, 5.41) is 8.96. The predicted octanol–water partition coefficient (Wildman–Crippen LogP) is 12.8. The van der Waals surface area contributed by atoms with Crippen LogP contribution in [0, 0.1) is 5.82 Å². The number of nitrogens with zero attached hydrogens (tertiary/aromatic N) is 4. The Balaban J connectivity index is 1.25. The number of para-hydroxylation sites is 4. The summed E-state index contributed by atoms with van der Waals surface area (Å²) in [6.07, 6.45) is 1.86. The summed E-state index contributed by atoms with van der Waals surface area (Å²) in [5.41, 5.74) is 5.95. The van der Waals surface area contributed by atoms with Gasteiger partial charge in [0, 0.05) is 22.1 Å². The first-order valence-corrected chi connectivity index (χ1v) is 17.0. The maximum absolute atomic E-state index is 15.6. The monoisotopic (exact) mass is 656 g/mol. The molecule has 240 valence electrons. The Morgan fingerprint density at radius 1 is 0.412 bits per heavy atom. The summed E-state index contributed by atoms with van der Waals surface area (Å²) >= 11 is 0. The maximum Gasteiger partial charge on any atom is 0.156 e. The fourth-order valence-corrected chi connectivity index (χ4v) is 7.54. The van der Waals surface area contributed by atoms with Crippen LogP contribution in [0.15, 0.2) is 176 Å². The van der Waals surface area contributed by atoms with Crippen molar-refractivity contribution in [2.75, 3.05) is 9.80 Å². The topological polar surface area (TPSA) is 32.3 Å². The van der Waals surface area contributed by atoms with Crippen LogP contribution in [-0.2, 0) is 0 Å². The minimum Gasteiger partial charge on any atom is -0.307 e. The molecule has 0 spiro atoms. The Morgan fingerprint density at radius 3 is 1.75 bits per heavy atom. The highest BCUT2D eigenvalue weighted by atomic mass is 19.1. The number of fused-ring (bicyclic) bond motifs is 2. The summed E-state index contributed by atoms with van der Waals surface area (Å²) < 4.78 is 15.6. The van der Waals surface area contributed by atoms with Gasteiger partial charge in [-0.25, -0.2) is 9.37 Å². The highest BCUT2D eigenvalue weighted by Crippen LogP contribution is 2.47. The van der Waals surface area contributed by atoms with Gasteiger partial charge in [0.1, 0.15) is 5.82 Å². The van der Waals surface area contributed by atoms with E-state index in [-0.39, 0.29) is 5.82 Å². The molecule has 0 amide bonds. The molecule has 51 heavy (non-hydrogen) atoms. The zero-order chi connectivity index (χ0) is 33.9. The third kappa shape index (κ3) is 4.74. The Labute approximate surface area is 293 Å². The van der Waals surface area contributed by atoms with E-state index in [4.69, 9.17) is 9.97 Å². The number of hydrogen-bond acceptors (Lipinski definition) is 4. The summed E-state index contributed by atoms with van der Waals surface area (Å²) in [4.78, 5) is 14.2. The largest absolute Gasteiger partial charge is 0.307 e. The van der Waals surface area contributed by atoms with Crippen molar-refractivity contribution in [3.63, 3.8) is 0 Å². The zero-order valence-electron chi connectivity index (χ0n) is 27.4. The molecule has 0 aliphatic carbocycles. The van der Waals surface area contributed by atoms with E-state index in [1.54, 1.807) is 6.07 Å². The van der Waals surface area contributed by atoms with Crippen molar-refractivity contribution >= 4 is 88.4 Å². The van der Waals surface area contributed by atoms with Crippen molar-refractivity contribution in [1.82, 2.24) is 9.97 Å². The molecule has 0 aliphatic rings. The number of aromatic nitrogens is 2. The van der Waals surface area contributed by atoms with Gasteiger partial charge in [0.15, 0.2) is 5.82 Å². The molecule has 1 aromatic heterocycles. The Morgan fingerprint density at radius 2 is 1.00 bits per heavy atom. The van der Waals surface area contributed by atoms with Crippen LogP contribution in [0.1, 0.15) is 0 Å². The number of rotatable bonds is 6. The Bertz CT molecular complexity index is 2830. The minimum absolute atomic E-state index is 0.281. The molecule has 0 aliphatic heterocycles. The van der Waals surface area contributed by atoms with Gasteiger partial charge in [0.2, 0.25) is 0 Å². The van der Waals surface area contributed by atoms with E-state index < -0.39 is 0 Å². The molecule has 0 saturated carbocycles. The van der Waals surface area contributed by atoms with Crippen molar-refractivity contribution in [3.05, 3.63) is 182 Å². The third-order valence-electron chi connectivity index (χ3n) is 9.86. The van der Waals surface area contributed by atoms with E-state index >= 15 is 4.39 Å². The van der Waals surface area contributed by atoms with E-state index in [9.17, 15) is 0 Å². The lowest BCUT2D eigenvalue weighted by molar-refractivity contribution is 0.629. The van der Waals surface area contributed by atoms with Crippen LogP contribution < -0.4 is 9.80 Å². The normalized spacial score (nSPS) is 11.6. The summed E-state index contributed by atoms with van der Waals surface area (Å²) in [6.45, 7) is 0. The van der Waals surface area contributed by atoms with Crippen LogP contribution in [-0.4, -0.2) is 9.97 Å². The van der Waals surface area contributed by atoms with Crippen LogP contribution >= 0.6 is 0 Å². The van der Waals surface area contributed by atoms with Crippen molar-refractivity contribution in [2.45, 2.75) is 0 Å². The molecule has 1 heterocycles. The van der Waals surface area contributed by atoms with E-state index in [1.165, 1.54) is 11.5 Å². The fraction of sp³-hybridized carbons (Fsp3) is 0. The SMILES string of the molecule is Fc1ccccc1N(c1ccccc1)c1ccc2ccc3c(N(c4ccc5ccccc5c4)c4cnc5ccccc5n4)ccc4ccc1c2c43. The van der Waals surface area contributed by atoms with Crippen LogP contribution in [0.2, 0.25) is 0 Å². The molecule has 0 unspecified atom stereocenters. The molecule has 0 fully saturated rings. The van der Waals surface area contributed by atoms with E-state index in [1.807, 2.05) is 77.8 Å². The van der Waals surface area contributed by atoms with Gasteiger partial charge < -0.3 is 4.90 Å². The number of benzene rings is 9. The Kier molecular flexibility index (Phi) is 6.64. The van der Waals surface area contributed by atoms with Gasteiger partial charge in [-0.05, 0) is 93.0 Å². The molecule has 0 atom stereocenters. The van der Waals surface area contributed by atoms with Gasteiger partial charge in [0.25, 0.3) is 0 Å². The molecule has 4 nitrogen and oxygen atoms in total. The first-order chi connectivity index (χ1) is 25.2. The summed E-state index contributed by atoms with van der Waals surface area (Å²) in [5.74, 6) is 0.450. The second-order valence-electron chi connectivity index (χ2n) is 12.8. The van der Waals surface area contributed by atoms with E-state index in [2.05, 4.69) is 95.9 Å². The third-order valence-corrected chi connectivity index (χ3v) is 9.86. The first-order valence-electron chi connectivity index (χ1n) is 17.0. The number of halogens is 1. The van der Waals surface area contributed by atoms with Gasteiger partial charge in [-0.15, -0.1) is 0 Å². The van der Waals surface area contributed by atoms with Crippen LogP contribution in [0.4, 0.5) is 38.6 Å². The predicted molar refractivity (Wildman–Crippen MR) is 210 cm³/mol. The lowest BCUT2D eigenvalue weighted by Crippen LogP contribution is -2.13. The molecular formula is C46H29FN4. The average Bonchev–Trinajstić information content (AvgIpc) is 3.19. The lowest BCUT2D eigenvalue weighted by atomic mass is 9.91. The second-order valence-corrected chi connectivity index (χ2v) is 12.8. The molecule has 10 rings (SSSR count). The number of anilines is 6. The van der Waals surface area contributed by atoms with E-state index in [0.717, 1.165) is 77.3 Å². The fourth-order valence-electron chi connectivity index (χ4n) is 7.54. The first kappa shape index (κ1) is 29.1. The van der Waals surface area contributed by atoms with Crippen LogP contribution in [0.3, 0.4) is 0 Å². The van der Waals surface area contributed by atoms with Gasteiger partial charge in [-0.3, -0.25) is 9.88 Å². The molecular weight excluding hydrogens is 628 g/mol. The standard InChI is InChI=1S/C46H29FN4/c47-38-14-6-9-17-43(38)50(34-12-2-1-3-13-34)41-26-21-31-20-25-37-42(27-22-32-19-24-36(41)45(31)46(32)37)51(35-23-18-30-10-4-5-11-33(30)28-35)44-29-48-39-15-7-8-16-40(39)49-44/h1-29H. The highest BCUT2D eigenvalue weighted by molar-refractivity contribution is 6.28. The molecule has 0 saturated heterocycles. The smallest absolute Gasteiger partial charge is 0.156 e. The zero-order valence-corrected chi connectivity index (χ0v) is 27.4. The summed E-state index contributed by atoms with van der Waals surface area (Å²) in [6, 6.07) is 57.3. The van der Waals surface area contributed by atoms with Crippen molar-refractivity contribution < 1.29 is 4.39 Å². The average molecular weight is 657 g/mol. The van der Waals surface area contributed by atoms with Gasteiger partial charge >= 0.3 is 0 Å². The molecule has 10 aromatic rings. The molecule has 5 heteroatoms.